The van der Waals surface area contributed by atoms with Crippen LogP contribution in [0.2, 0.25) is 0 Å². The molecule has 0 heterocycles. The van der Waals surface area contributed by atoms with Crippen LogP contribution in [-0.2, 0) is 24.7 Å². The fraction of sp³-hybridized carbons (Fsp3) is 0.600. The third-order valence-electron chi connectivity index (χ3n) is 3.12. The number of rotatable bonds is 9. The van der Waals surface area contributed by atoms with Crippen LogP contribution in [0, 0.1) is 0 Å². The summed E-state index contributed by atoms with van der Waals surface area (Å²) in [7, 11) is -3.20. The first-order valence-corrected chi connectivity index (χ1v) is 9.77. The highest BCUT2D eigenvalue weighted by Gasteiger charge is 2.48. The van der Waals surface area contributed by atoms with Crippen LogP contribution in [0.4, 0.5) is 0 Å². The Balaban J connectivity index is 3.17. The van der Waals surface area contributed by atoms with Crippen molar-refractivity contribution < 1.29 is 18.6 Å². The number of hydrogen-bond donors (Lipinski definition) is 0. The number of benzene rings is 1. The predicted octanol–water partition coefficient (Wildman–Crippen LogP) is 5.01. The molecule has 0 aliphatic rings. The van der Waals surface area contributed by atoms with E-state index in [1.807, 2.05) is 45.0 Å². The van der Waals surface area contributed by atoms with Crippen LogP contribution in [0.15, 0.2) is 28.7 Å². The van der Waals surface area contributed by atoms with Crippen molar-refractivity contribution in [3.05, 3.63) is 34.3 Å². The van der Waals surface area contributed by atoms with Gasteiger partial charge in [-0.2, -0.15) is 0 Å². The highest BCUT2D eigenvalue weighted by Crippen LogP contribution is 2.62. The zero-order valence-electron chi connectivity index (χ0n) is 13.1. The summed E-state index contributed by atoms with van der Waals surface area (Å²) in [5.74, 6) is 0. The average molecular weight is 379 g/mol. The van der Waals surface area contributed by atoms with E-state index >= 15 is 0 Å². The van der Waals surface area contributed by atoms with E-state index in [1.54, 1.807) is 6.92 Å². The van der Waals surface area contributed by atoms with E-state index < -0.39 is 12.9 Å². The summed E-state index contributed by atoms with van der Waals surface area (Å²) >= 11 is 3.49. The molecule has 0 spiro atoms. The summed E-state index contributed by atoms with van der Waals surface area (Å²) in [6.45, 7) is 8.39. The Morgan fingerprint density at radius 1 is 1.10 bits per heavy atom. The molecular formula is C15H24BrO4P. The van der Waals surface area contributed by atoms with E-state index in [0.29, 0.717) is 19.8 Å². The average Bonchev–Trinajstić information content (AvgIpc) is 2.42. The smallest absolute Gasteiger partial charge is 0.264 e. The molecule has 0 fully saturated rings. The standard InChI is InChI=1S/C15H24BrO4P/c1-5-18-15(4,19-6-2)21(17,20-7-3)12-13-10-8-9-11-14(13)16/h8-11H,5-7,12H2,1-4H3. The molecule has 0 saturated carbocycles. The molecule has 21 heavy (non-hydrogen) atoms. The highest BCUT2D eigenvalue weighted by atomic mass is 79.9. The van der Waals surface area contributed by atoms with Gasteiger partial charge in [0.1, 0.15) is 0 Å². The lowest BCUT2D eigenvalue weighted by atomic mass is 10.2. The van der Waals surface area contributed by atoms with Crippen LogP contribution >= 0.6 is 23.3 Å². The van der Waals surface area contributed by atoms with Crippen molar-refractivity contribution >= 4 is 23.3 Å². The summed E-state index contributed by atoms with van der Waals surface area (Å²) in [5, 5.41) is 0. The molecule has 1 aromatic rings. The third kappa shape index (κ3) is 4.64. The second kappa shape index (κ2) is 8.44. The number of halogens is 1. The van der Waals surface area contributed by atoms with Gasteiger partial charge in [0.25, 0.3) is 7.37 Å². The molecule has 0 saturated heterocycles. The van der Waals surface area contributed by atoms with Gasteiger partial charge in [0, 0.05) is 17.7 Å². The minimum Gasteiger partial charge on any atom is -0.342 e. The molecule has 1 aromatic carbocycles. The first kappa shape index (κ1) is 18.9. The molecule has 0 amide bonds. The second-order valence-corrected chi connectivity index (χ2v) is 8.19. The van der Waals surface area contributed by atoms with Crippen molar-refractivity contribution in [1.29, 1.82) is 0 Å². The molecule has 1 atom stereocenters. The van der Waals surface area contributed by atoms with Crippen LogP contribution in [0.5, 0.6) is 0 Å². The van der Waals surface area contributed by atoms with Crippen molar-refractivity contribution in [3.8, 4) is 0 Å². The molecule has 0 aromatic heterocycles. The minimum absolute atomic E-state index is 0.263. The van der Waals surface area contributed by atoms with E-state index in [1.165, 1.54) is 0 Å². The second-order valence-electron chi connectivity index (χ2n) is 4.60. The maximum Gasteiger partial charge on any atom is 0.264 e. The molecule has 0 aliphatic carbocycles. The van der Waals surface area contributed by atoms with Gasteiger partial charge in [-0.15, -0.1) is 0 Å². The van der Waals surface area contributed by atoms with Gasteiger partial charge in [-0.25, -0.2) is 0 Å². The monoisotopic (exact) mass is 378 g/mol. The lowest BCUT2D eigenvalue weighted by Crippen LogP contribution is -2.34. The molecule has 4 nitrogen and oxygen atoms in total. The Morgan fingerprint density at radius 2 is 1.67 bits per heavy atom. The van der Waals surface area contributed by atoms with Gasteiger partial charge in [0.2, 0.25) is 5.53 Å². The van der Waals surface area contributed by atoms with Gasteiger partial charge < -0.3 is 14.0 Å². The lowest BCUT2D eigenvalue weighted by Gasteiger charge is -2.36. The third-order valence-corrected chi connectivity index (χ3v) is 6.82. The van der Waals surface area contributed by atoms with Gasteiger partial charge in [-0.3, -0.25) is 4.57 Å². The summed E-state index contributed by atoms with van der Waals surface area (Å²) in [6, 6.07) is 7.68. The maximum absolute atomic E-state index is 13.4. The molecule has 1 unspecified atom stereocenters. The Bertz CT molecular complexity index is 486. The zero-order chi connectivity index (χ0) is 15.9. The fourth-order valence-electron chi connectivity index (χ4n) is 2.14. The summed E-state index contributed by atoms with van der Waals surface area (Å²) in [4.78, 5) is 0. The Hall–Kier alpha value is -0.190. The normalized spacial score (nSPS) is 14.9. The maximum atomic E-state index is 13.4. The van der Waals surface area contributed by atoms with Crippen LogP contribution in [-0.4, -0.2) is 25.3 Å². The number of ether oxygens (including phenoxy) is 2. The minimum atomic E-state index is -3.20. The SMILES string of the molecule is CCOC(C)(OCC)P(=O)(Cc1ccccc1Br)OCC. The predicted molar refractivity (Wildman–Crippen MR) is 88.7 cm³/mol. The van der Waals surface area contributed by atoms with Crippen molar-refractivity contribution in [2.45, 2.75) is 39.4 Å². The highest BCUT2D eigenvalue weighted by molar-refractivity contribution is 9.10. The first-order valence-electron chi connectivity index (χ1n) is 7.17. The molecule has 6 heteroatoms. The van der Waals surface area contributed by atoms with Crippen molar-refractivity contribution in [2.24, 2.45) is 0 Å². The molecule has 120 valence electrons. The van der Waals surface area contributed by atoms with E-state index in [-0.39, 0.29) is 6.16 Å². The molecule has 0 N–H and O–H groups in total. The molecule has 0 radical (unpaired) electrons. The van der Waals surface area contributed by atoms with E-state index in [2.05, 4.69) is 15.9 Å². The van der Waals surface area contributed by atoms with Gasteiger partial charge in [0.15, 0.2) is 0 Å². The topological polar surface area (TPSA) is 44.8 Å². The Kier molecular flexibility index (Phi) is 7.58. The van der Waals surface area contributed by atoms with Crippen LogP contribution < -0.4 is 0 Å². The van der Waals surface area contributed by atoms with Crippen molar-refractivity contribution in [1.82, 2.24) is 0 Å². The lowest BCUT2D eigenvalue weighted by molar-refractivity contribution is -0.168. The van der Waals surface area contributed by atoms with Crippen LogP contribution in [0.3, 0.4) is 0 Å². The van der Waals surface area contributed by atoms with Crippen molar-refractivity contribution in [3.63, 3.8) is 0 Å². The van der Waals surface area contributed by atoms with Gasteiger partial charge in [-0.05, 0) is 39.3 Å². The van der Waals surface area contributed by atoms with Crippen LogP contribution in [0.1, 0.15) is 33.3 Å². The van der Waals surface area contributed by atoms with E-state index in [9.17, 15) is 4.57 Å². The van der Waals surface area contributed by atoms with Crippen molar-refractivity contribution in [2.75, 3.05) is 19.8 Å². The largest absolute Gasteiger partial charge is 0.342 e. The first-order chi connectivity index (χ1) is 9.92. The Morgan fingerprint density at radius 3 is 2.14 bits per heavy atom. The molecule has 0 aliphatic heterocycles. The van der Waals surface area contributed by atoms with Crippen LogP contribution in [0.25, 0.3) is 0 Å². The van der Waals surface area contributed by atoms with E-state index in [4.69, 9.17) is 14.0 Å². The van der Waals surface area contributed by atoms with Gasteiger partial charge in [0.05, 0.1) is 12.8 Å². The quantitative estimate of drug-likeness (QED) is 0.447. The number of hydrogen-bond acceptors (Lipinski definition) is 4. The summed E-state index contributed by atoms with van der Waals surface area (Å²) in [5.41, 5.74) is -0.318. The Labute approximate surface area is 135 Å². The molecular weight excluding hydrogens is 355 g/mol. The summed E-state index contributed by atoms with van der Waals surface area (Å²) < 4.78 is 31.3. The summed E-state index contributed by atoms with van der Waals surface area (Å²) in [6.07, 6.45) is 0.263. The van der Waals surface area contributed by atoms with Gasteiger partial charge >= 0.3 is 0 Å². The van der Waals surface area contributed by atoms with E-state index in [0.717, 1.165) is 10.0 Å². The molecule has 1 rings (SSSR count). The van der Waals surface area contributed by atoms with Gasteiger partial charge in [-0.1, -0.05) is 34.1 Å². The fourth-order valence-corrected chi connectivity index (χ4v) is 5.19. The zero-order valence-corrected chi connectivity index (χ0v) is 15.6. The molecule has 0 bridgehead atoms.